The normalized spacial score (nSPS) is 20.5. The van der Waals surface area contributed by atoms with E-state index in [4.69, 9.17) is 0 Å². The predicted octanol–water partition coefficient (Wildman–Crippen LogP) is 9.95. The van der Waals surface area contributed by atoms with Gasteiger partial charge in [-0.1, -0.05) is 106 Å². The summed E-state index contributed by atoms with van der Waals surface area (Å²) in [6.07, 6.45) is 11.0. The molecular formula is C41H44N4O. The molecule has 3 aliphatic rings. The Labute approximate surface area is 271 Å². The summed E-state index contributed by atoms with van der Waals surface area (Å²) in [4.78, 5) is 6.89. The standard InChI is InChI=1S/C22H24N2.C19H20N2O/c1-15-8-7-9-16-17(14-23-20(15)16)21-22(12-5-2-6-13-22)18-10-3-4-11-19(18)24-21;1-19(2)15-8-3-4-9-16(15)21-18(19)14-10-20-17-12(11-22)6-5-7-13(14)17/h3-4,7-11,14,21,23-24H,2,5-6,12-13H2,1H3;3-10,18,20-22H,11H2,1-2H3. The molecule has 2 aromatic heterocycles. The first-order valence-corrected chi connectivity index (χ1v) is 16.9. The second kappa shape index (κ2) is 11.1. The molecule has 0 bridgehead atoms. The van der Waals surface area contributed by atoms with E-state index in [1.165, 1.54) is 87.6 Å². The monoisotopic (exact) mass is 608 g/mol. The number of aliphatic hydroxyl groups excluding tert-OH is 1. The van der Waals surface area contributed by atoms with Crippen molar-refractivity contribution in [1.29, 1.82) is 0 Å². The van der Waals surface area contributed by atoms with Crippen LogP contribution in [0.3, 0.4) is 0 Å². The van der Waals surface area contributed by atoms with Crippen LogP contribution < -0.4 is 10.6 Å². The number of fused-ring (bicyclic) bond motifs is 5. The van der Waals surface area contributed by atoms with Crippen LogP contribution in [0.2, 0.25) is 0 Å². The summed E-state index contributed by atoms with van der Waals surface area (Å²) in [5.41, 5.74) is 13.0. The third-order valence-corrected chi connectivity index (χ3v) is 11.3. The molecule has 4 heterocycles. The highest BCUT2D eigenvalue weighted by molar-refractivity contribution is 5.88. The third-order valence-electron chi connectivity index (χ3n) is 11.3. The van der Waals surface area contributed by atoms with Crippen LogP contribution >= 0.6 is 0 Å². The first-order chi connectivity index (χ1) is 22.4. The SMILES string of the molecule is CC1(C)c2ccccc2NC1c1c[nH]c2c(CO)cccc12.Cc1cccc2c(C3Nc4ccccc4C34CCCCC4)c[nH]c12. The van der Waals surface area contributed by atoms with Crippen LogP contribution in [0, 0.1) is 6.92 Å². The number of rotatable bonds is 3. The lowest BCUT2D eigenvalue weighted by Crippen LogP contribution is -2.34. The summed E-state index contributed by atoms with van der Waals surface area (Å²) >= 11 is 0. The Bertz CT molecular complexity index is 2040. The molecule has 5 nitrogen and oxygen atoms in total. The predicted molar refractivity (Wildman–Crippen MR) is 191 cm³/mol. The van der Waals surface area contributed by atoms with E-state index in [1.807, 2.05) is 12.1 Å². The van der Waals surface area contributed by atoms with E-state index in [0.717, 1.165) is 11.1 Å². The molecule has 9 rings (SSSR count). The highest BCUT2D eigenvalue weighted by Crippen LogP contribution is 2.57. The second-order valence-electron chi connectivity index (χ2n) is 14.2. The fourth-order valence-corrected chi connectivity index (χ4v) is 8.91. The Morgan fingerprint density at radius 3 is 1.96 bits per heavy atom. The molecule has 4 aromatic carbocycles. The molecule has 2 aliphatic heterocycles. The van der Waals surface area contributed by atoms with E-state index in [1.54, 1.807) is 0 Å². The van der Waals surface area contributed by atoms with Gasteiger partial charge in [-0.3, -0.25) is 0 Å². The van der Waals surface area contributed by atoms with Crippen LogP contribution in [0.1, 0.15) is 91.4 Å². The van der Waals surface area contributed by atoms with Crippen molar-refractivity contribution in [3.8, 4) is 0 Å². The zero-order valence-electron chi connectivity index (χ0n) is 27.1. The molecule has 5 heteroatoms. The van der Waals surface area contributed by atoms with Crippen LogP contribution in [-0.2, 0) is 17.4 Å². The first kappa shape index (κ1) is 29.0. The average molecular weight is 609 g/mol. The summed E-state index contributed by atoms with van der Waals surface area (Å²) in [6.45, 7) is 6.81. The van der Waals surface area contributed by atoms with Gasteiger partial charge in [0.05, 0.1) is 24.2 Å². The first-order valence-electron chi connectivity index (χ1n) is 16.9. The quantitative estimate of drug-likeness (QED) is 0.139. The number of nitrogens with one attached hydrogen (secondary N) is 4. The zero-order valence-corrected chi connectivity index (χ0v) is 27.1. The lowest BCUT2D eigenvalue weighted by atomic mass is 9.65. The molecule has 1 saturated carbocycles. The Kier molecular flexibility index (Phi) is 6.99. The van der Waals surface area contributed by atoms with Crippen LogP contribution in [0.4, 0.5) is 11.4 Å². The Balaban J connectivity index is 0.000000136. The maximum atomic E-state index is 9.52. The molecule has 0 saturated heterocycles. The van der Waals surface area contributed by atoms with Crippen molar-refractivity contribution in [2.75, 3.05) is 10.6 Å². The van der Waals surface area contributed by atoms with Gasteiger partial charge in [0, 0.05) is 67.6 Å². The fourth-order valence-electron chi connectivity index (χ4n) is 8.91. The van der Waals surface area contributed by atoms with Crippen LogP contribution in [-0.4, -0.2) is 15.1 Å². The number of anilines is 2. The number of aryl methyl sites for hydroxylation is 1. The van der Waals surface area contributed by atoms with E-state index in [2.05, 4.69) is 127 Å². The van der Waals surface area contributed by atoms with Crippen molar-refractivity contribution >= 4 is 33.2 Å². The van der Waals surface area contributed by atoms with Gasteiger partial charge >= 0.3 is 0 Å². The number of aromatic amines is 2. The molecule has 0 amide bonds. The van der Waals surface area contributed by atoms with Gasteiger partial charge in [-0.05, 0) is 48.6 Å². The Morgan fingerprint density at radius 1 is 0.652 bits per heavy atom. The third kappa shape index (κ3) is 4.39. The number of hydrogen-bond acceptors (Lipinski definition) is 3. The topological polar surface area (TPSA) is 75.9 Å². The molecule has 46 heavy (non-hydrogen) atoms. The van der Waals surface area contributed by atoms with Crippen molar-refractivity contribution in [3.05, 3.63) is 131 Å². The summed E-state index contributed by atoms with van der Waals surface area (Å²) in [7, 11) is 0. The zero-order chi connectivity index (χ0) is 31.5. The molecule has 5 N–H and O–H groups in total. The van der Waals surface area contributed by atoms with Gasteiger partial charge in [-0.25, -0.2) is 0 Å². The van der Waals surface area contributed by atoms with Gasteiger partial charge in [-0.2, -0.15) is 0 Å². The van der Waals surface area contributed by atoms with Crippen molar-refractivity contribution in [3.63, 3.8) is 0 Å². The van der Waals surface area contributed by atoms with Gasteiger partial charge in [0.1, 0.15) is 0 Å². The van der Waals surface area contributed by atoms with Gasteiger partial charge in [0.15, 0.2) is 0 Å². The largest absolute Gasteiger partial charge is 0.392 e. The maximum absolute atomic E-state index is 9.52. The number of hydrogen-bond donors (Lipinski definition) is 5. The van der Waals surface area contributed by atoms with E-state index < -0.39 is 0 Å². The number of aliphatic hydroxyl groups is 1. The molecule has 1 aliphatic carbocycles. The van der Waals surface area contributed by atoms with Gasteiger partial charge in [0.2, 0.25) is 0 Å². The average Bonchev–Trinajstić information content (AvgIpc) is 3.84. The van der Waals surface area contributed by atoms with Crippen molar-refractivity contribution in [1.82, 2.24) is 9.97 Å². The molecule has 2 atom stereocenters. The summed E-state index contributed by atoms with van der Waals surface area (Å²) in [6, 6.07) is 30.8. The molecule has 234 valence electrons. The lowest BCUT2D eigenvalue weighted by molar-refractivity contribution is 0.271. The van der Waals surface area contributed by atoms with E-state index in [0.29, 0.717) is 6.04 Å². The Morgan fingerprint density at radius 2 is 1.24 bits per heavy atom. The highest BCUT2D eigenvalue weighted by Gasteiger charge is 2.48. The molecular weight excluding hydrogens is 564 g/mol. The molecule has 0 radical (unpaired) electrons. The number of H-pyrrole nitrogens is 2. The van der Waals surface area contributed by atoms with Crippen molar-refractivity contribution in [2.45, 2.75) is 82.4 Å². The van der Waals surface area contributed by atoms with Crippen LogP contribution in [0.15, 0.2) is 97.3 Å². The lowest BCUT2D eigenvalue weighted by Gasteiger charge is -2.39. The summed E-state index contributed by atoms with van der Waals surface area (Å²) < 4.78 is 0. The minimum absolute atomic E-state index is 0.0148. The summed E-state index contributed by atoms with van der Waals surface area (Å²) in [5.74, 6) is 0. The van der Waals surface area contributed by atoms with Gasteiger partial charge in [-0.15, -0.1) is 0 Å². The number of aromatic nitrogens is 2. The van der Waals surface area contributed by atoms with Crippen LogP contribution in [0.5, 0.6) is 0 Å². The smallest absolute Gasteiger partial charge is 0.0702 e. The van der Waals surface area contributed by atoms with E-state index >= 15 is 0 Å². The van der Waals surface area contributed by atoms with Crippen molar-refractivity contribution in [2.24, 2.45) is 0 Å². The Hall–Kier alpha value is -4.48. The van der Waals surface area contributed by atoms with Gasteiger partial charge in [0.25, 0.3) is 0 Å². The minimum Gasteiger partial charge on any atom is -0.392 e. The highest BCUT2D eigenvalue weighted by atomic mass is 16.3. The van der Waals surface area contributed by atoms with Crippen LogP contribution in [0.25, 0.3) is 21.8 Å². The van der Waals surface area contributed by atoms with Gasteiger partial charge < -0.3 is 25.7 Å². The maximum Gasteiger partial charge on any atom is 0.0702 e. The molecule has 1 fully saturated rings. The minimum atomic E-state index is 0.0148. The number of para-hydroxylation sites is 4. The molecule has 1 spiro atoms. The van der Waals surface area contributed by atoms with Crippen molar-refractivity contribution < 1.29 is 5.11 Å². The number of benzene rings is 4. The second-order valence-corrected chi connectivity index (χ2v) is 14.2. The molecule has 6 aromatic rings. The van der Waals surface area contributed by atoms with E-state index in [9.17, 15) is 5.11 Å². The van der Waals surface area contributed by atoms with E-state index in [-0.39, 0.29) is 23.5 Å². The molecule has 2 unspecified atom stereocenters. The fraction of sp³-hybridized carbons (Fsp3) is 0.317. The summed E-state index contributed by atoms with van der Waals surface area (Å²) in [5, 5.41) is 19.6.